The van der Waals surface area contributed by atoms with Gasteiger partial charge in [0, 0.05) is 24.2 Å². The van der Waals surface area contributed by atoms with E-state index in [2.05, 4.69) is 11.7 Å². The minimum Gasteiger partial charge on any atom is -0.438 e. The van der Waals surface area contributed by atoms with Gasteiger partial charge in [0.05, 0.1) is 14.2 Å². The van der Waals surface area contributed by atoms with Gasteiger partial charge in [-0.3, -0.25) is 14.4 Å². The van der Waals surface area contributed by atoms with Crippen molar-refractivity contribution in [3.05, 3.63) is 11.6 Å². The highest BCUT2D eigenvalue weighted by molar-refractivity contribution is 5.95. The summed E-state index contributed by atoms with van der Waals surface area (Å²) in [6.07, 6.45) is 3.06. The van der Waals surface area contributed by atoms with Gasteiger partial charge in [-0.25, -0.2) is 9.59 Å². The first-order valence-electron chi connectivity index (χ1n) is 11.8. The van der Waals surface area contributed by atoms with Crippen molar-refractivity contribution in [1.82, 2.24) is 0 Å². The first-order chi connectivity index (χ1) is 16.0. The molecule has 186 valence electrons. The molecule has 0 radical (unpaired) electrons. The molecule has 0 saturated heterocycles. The van der Waals surface area contributed by atoms with Crippen molar-refractivity contribution in [3.8, 4) is 0 Å². The first kappa shape index (κ1) is 24.4. The molecule has 0 aromatic carbocycles. The van der Waals surface area contributed by atoms with Crippen LogP contribution in [0.2, 0.25) is 0 Å². The highest BCUT2D eigenvalue weighted by Gasteiger charge is 2.71. The van der Waals surface area contributed by atoms with Crippen molar-refractivity contribution >= 4 is 29.7 Å². The lowest BCUT2D eigenvalue weighted by molar-refractivity contribution is -0.174. The number of Topliss-reactive ketones (excluding diaryl/α,β-unsaturated/α-hetero) is 2. The van der Waals surface area contributed by atoms with Gasteiger partial charge < -0.3 is 18.9 Å². The van der Waals surface area contributed by atoms with Crippen LogP contribution >= 0.6 is 0 Å². The van der Waals surface area contributed by atoms with Crippen LogP contribution < -0.4 is 0 Å². The van der Waals surface area contributed by atoms with Gasteiger partial charge in [-0.1, -0.05) is 19.4 Å². The van der Waals surface area contributed by atoms with Crippen LogP contribution in [0.3, 0.4) is 0 Å². The number of carbonyl (C=O) groups excluding carboxylic acids is 5. The molecule has 4 aliphatic rings. The highest BCUT2D eigenvalue weighted by Crippen LogP contribution is 2.67. The lowest BCUT2D eigenvalue weighted by Gasteiger charge is -2.57. The monoisotopic (exact) mass is 476 g/mol. The highest BCUT2D eigenvalue weighted by atomic mass is 16.7. The Morgan fingerprint density at radius 1 is 1.00 bits per heavy atom. The minimum absolute atomic E-state index is 0.000880. The third-order valence-electron chi connectivity index (χ3n) is 9.14. The number of allylic oxidation sites excluding steroid dienone is 1. The Hall–Kier alpha value is -2.71. The molecule has 0 aromatic rings. The first-order valence-corrected chi connectivity index (χ1v) is 11.8. The molecule has 0 spiro atoms. The Kier molecular flexibility index (Phi) is 6.10. The van der Waals surface area contributed by atoms with Crippen LogP contribution in [-0.2, 0) is 33.3 Å². The van der Waals surface area contributed by atoms with Gasteiger partial charge in [-0.05, 0) is 55.4 Å². The summed E-state index contributed by atoms with van der Waals surface area (Å²) in [7, 11) is 2.29. The SMILES string of the molecule is COC(=O)OCC(=O)[C@@]1(OC(=O)OC)CC[C@H]2[C@@H]3CCC4=CC(=O)CC[C@]4(C)[C@H]3C(=O)C[C@@]21C. The minimum atomic E-state index is -1.65. The van der Waals surface area contributed by atoms with Gasteiger partial charge in [0.25, 0.3) is 0 Å². The molecule has 0 aliphatic heterocycles. The van der Waals surface area contributed by atoms with Gasteiger partial charge in [-0.2, -0.15) is 0 Å². The second-order valence-corrected chi connectivity index (χ2v) is 10.5. The molecule has 0 N–H and O–H groups in total. The lowest BCUT2D eigenvalue weighted by Crippen LogP contribution is -2.62. The number of hydrogen-bond donors (Lipinski definition) is 0. The summed E-state index contributed by atoms with van der Waals surface area (Å²) in [5.41, 5.74) is -1.95. The Balaban J connectivity index is 1.71. The van der Waals surface area contributed by atoms with Crippen LogP contribution in [0, 0.1) is 28.6 Å². The maximum absolute atomic E-state index is 13.8. The molecule has 0 bridgehead atoms. The van der Waals surface area contributed by atoms with Crippen LogP contribution in [0.25, 0.3) is 0 Å². The van der Waals surface area contributed by atoms with Crippen molar-refractivity contribution in [1.29, 1.82) is 0 Å². The molecule has 0 amide bonds. The molecule has 0 unspecified atom stereocenters. The van der Waals surface area contributed by atoms with E-state index in [9.17, 15) is 24.0 Å². The summed E-state index contributed by atoms with van der Waals surface area (Å²) in [6.45, 7) is 3.28. The van der Waals surface area contributed by atoms with Crippen LogP contribution in [0.1, 0.15) is 58.8 Å². The fourth-order valence-corrected chi connectivity index (χ4v) is 7.54. The predicted octanol–water partition coefficient (Wildman–Crippen LogP) is 3.57. The standard InChI is InChI=1S/C25H32O9/c1-23-9-7-15(26)11-14(23)5-6-16-17-8-10-25(34-22(30)32-4,19(28)13-33-21(29)31-3)24(17,2)12-18(27)20(16)23/h11,16-17,20H,5-10,12-13H2,1-4H3/t16-,17-,20+,23-,24-,25-/m0/s1. The van der Waals surface area contributed by atoms with Crippen molar-refractivity contribution < 1.29 is 42.9 Å². The number of carbonyl (C=O) groups is 5. The van der Waals surface area contributed by atoms with Crippen LogP contribution in [-0.4, -0.2) is 56.1 Å². The van der Waals surface area contributed by atoms with Gasteiger partial charge >= 0.3 is 12.3 Å². The van der Waals surface area contributed by atoms with Crippen LogP contribution in [0.15, 0.2) is 11.6 Å². The summed E-state index contributed by atoms with van der Waals surface area (Å²) >= 11 is 0. The van der Waals surface area contributed by atoms with Crippen LogP contribution in [0.5, 0.6) is 0 Å². The summed E-state index contributed by atoms with van der Waals surface area (Å²) in [5, 5.41) is 0. The molecule has 0 heterocycles. The fourth-order valence-electron chi connectivity index (χ4n) is 7.54. The van der Waals surface area contributed by atoms with Crippen molar-refractivity contribution in [3.63, 3.8) is 0 Å². The lowest BCUT2D eigenvalue weighted by atomic mass is 9.46. The van der Waals surface area contributed by atoms with E-state index in [1.54, 1.807) is 6.08 Å². The second kappa shape index (κ2) is 8.50. The fraction of sp³-hybridized carbons (Fsp3) is 0.720. The smallest absolute Gasteiger partial charge is 0.438 e. The zero-order chi connectivity index (χ0) is 24.9. The molecule has 9 heteroatoms. The quantitative estimate of drug-likeness (QED) is 0.560. The molecular formula is C25H32O9. The maximum atomic E-state index is 13.8. The van der Waals surface area contributed by atoms with Crippen LogP contribution in [0.4, 0.5) is 9.59 Å². The summed E-state index contributed by atoms with van der Waals surface area (Å²) < 4.78 is 19.7. The molecule has 9 nitrogen and oxygen atoms in total. The molecule has 3 saturated carbocycles. The molecule has 0 aromatic heterocycles. The molecule has 3 fully saturated rings. The Bertz CT molecular complexity index is 967. The van der Waals surface area contributed by atoms with Crippen molar-refractivity contribution in [2.45, 2.75) is 64.4 Å². The second-order valence-electron chi connectivity index (χ2n) is 10.5. The van der Waals surface area contributed by atoms with E-state index in [0.29, 0.717) is 19.3 Å². The van der Waals surface area contributed by atoms with Crippen molar-refractivity contribution in [2.75, 3.05) is 20.8 Å². The number of fused-ring (bicyclic) bond motifs is 5. The number of rotatable bonds is 4. The average molecular weight is 477 g/mol. The van der Waals surface area contributed by atoms with E-state index in [1.807, 2.05) is 6.92 Å². The predicted molar refractivity (Wildman–Crippen MR) is 117 cm³/mol. The summed E-state index contributed by atoms with van der Waals surface area (Å²) in [6, 6.07) is 0. The maximum Gasteiger partial charge on any atom is 0.509 e. The number of hydrogen-bond acceptors (Lipinski definition) is 9. The Morgan fingerprint density at radius 2 is 1.71 bits per heavy atom. The topological polar surface area (TPSA) is 122 Å². The van der Waals surface area contributed by atoms with Gasteiger partial charge in [0.1, 0.15) is 5.78 Å². The summed E-state index contributed by atoms with van der Waals surface area (Å²) in [4.78, 5) is 63.1. The van der Waals surface area contributed by atoms with Gasteiger partial charge in [0.15, 0.2) is 18.0 Å². The average Bonchev–Trinajstić information content (AvgIpc) is 3.09. The Labute approximate surface area is 198 Å². The van der Waals surface area contributed by atoms with E-state index in [4.69, 9.17) is 14.2 Å². The third kappa shape index (κ3) is 3.46. The molecule has 34 heavy (non-hydrogen) atoms. The molecule has 4 rings (SSSR count). The van der Waals surface area contributed by atoms with E-state index >= 15 is 0 Å². The van der Waals surface area contributed by atoms with E-state index < -0.39 is 35.7 Å². The zero-order valence-corrected chi connectivity index (χ0v) is 20.1. The van der Waals surface area contributed by atoms with Gasteiger partial charge in [0.2, 0.25) is 5.78 Å². The number of ketones is 3. The van der Waals surface area contributed by atoms with Gasteiger partial charge in [-0.15, -0.1) is 0 Å². The van der Waals surface area contributed by atoms with Crippen molar-refractivity contribution in [2.24, 2.45) is 28.6 Å². The number of methoxy groups -OCH3 is 2. The molecule has 4 aliphatic carbocycles. The molecular weight excluding hydrogens is 444 g/mol. The third-order valence-corrected chi connectivity index (χ3v) is 9.14. The number of ether oxygens (including phenoxy) is 4. The molecule has 6 atom stereocenters. The van der Waals surface area contributed by atoms with E-state index in [0.717, 1.165) is 32.6 Å². The Morgan fingerprint density at radius 3 is 2.38 bits per heavy atom. The summed E-state index contributed by atoms with van der Waals surface area (Å²) in [5.74, 6) is -0.759. The van der Waals surface area contributed by atoms with E-state index in [-0.39, 0.29) is 47.6 Å². The van der Waals surface area contributed by atoms with E-state index in [1.165, 1.54) is 0 Å². The normalized spacial score (nSPS) is 38.6. The zero-order valence-electron chi connectivity index (χ0n) is 20.1. The largest absolute Gasteiger partial charge is 0.509 e.